The number of amides is 1. The highest BCUT2D eigenvalue weighted by atomic mass is 16.1. The Labute approximate surface area is 43.7 Å². The minimum absolute atomic E-state index is 0.224. The van der Waals surface area contributed by atoms with E-state index in [2.05, 4.69) is 0 Å². The summed E-state index contributed by atoms with van der Waals surface area (Å²) in [6.45, 7) is 1.91. The zero-order chi connectivity index (χ0) is 5.70. The monoisotopic (exact) mass is 100 g/mol. The molecule has 0 aromatic rings. The van der Waals surface area contributed by atoms with Crippen molar-refractivity contribution in [3.8, 4) is 0 Å². The van der Waals surface area contributed by atoms with Gasteiger partial charge in [-0.3, -0.25) is 4.79 Å². The molecule has 2 heteroatoms. The largest absolute Gasteiger partial charge is 0.370 e. The predicted molar refractivity (Wildman–Crippen MR) is 28.4 cm³/mol. The molecule has 0 aromatic heterocycles. The SMILES string of the molecule is C[CH]CCC(N)=O. The van der Waals surface area contributed by atoms with Gasteiger partial charge in [0.2, 0.25) is 5.91 Å². The summed E-state index contributed by atoms with van der Waals surface area (Å²) in [4.78, 5) is 9.96. The van der Waals surface area contributed by atoms with E-state index in [1.54, 1.807) is 0 Å². The van der Waals surface area contributed by atoms with Crippen LogP contribution in [0.2, 0.25) is 0 Å². The third-order valence-corrected chi connectivity index (χ3v) is 0.679. The number of primary amides is 1. The summed E-state index contributed by atoms with van der Waals surface area (Å²) in [7, 11) is 0. The van der Waals surface area contributed by atoms with Crippen LogP contribution in [0.1, 0.15) is 19.8 Å². The average molecular weight is 100 g/mol. The first-order valence-corrected chi connectivity index (χ1v) is 2.33. The molecule has 0 bridgehead atoms. The van der Waals surface area contributed by atoms with E-state index in [4.69, 9.17) is 5.73 Å². The lowest BCUT2D eigenvalue weighted by atomic mass is 10.2. The van der Waals surface area contributed by atoms with Crippen LogP contribution < -0.4 is 5.73 Å². The van der Waals surface area contributed by atoms with Gasteiger partial charge >= 0.3 is 0 Å². The standard InChI is InChI=1S/C5H10NO/c1-2-3-4-5(6)7/h2H,3-4H2,1H3,(H2,6,7). The van der Waals surface area contributed by atoms with Gasteiger partial charge in [0.15, 0.2) is 0 Å². The summed E-state index contributed by atoms with van der Waals surface area (Å²) in [5, 5.41) is 0. The van der Waals surface area contributed by atoms with Gasteiger partial charge in [-0.15, -0.1) is 0 Å². The van der Waals surface area contributed by atoms with Gasteiger partial charge in [-0.05, 0) is 12.8 Å². The molecule has 1 radical (unpaired) electrons. The summed E-state index contributed by atoms with van der Waals surface area (Å²) in [5.41, 5.74) is 4.82. The van der Waals surface area contributed by atoms with Crippen molar-refractivity contribution in [3.63, 3.8) is 0 Å². The topological polar surface area (TPSA) is 43.1 Å². The van der Waals surface area contributed by atoms with Crippen molar-refractivity contribution in [1.29, 1.82) is 0 Å². The normalized spacial score (nSPS) is 8.71. The number of nitrogens with two attached hydrogens (primary N) is 1. The summed E-state index contributed by atoms with van der Waals surface area (Å²) in [6.07, 6.45) is 3.20. The molecule has 0 fully saturated rings. The summed E-state index contributed by atoms with van der Waals surface area (Å²) in [5.74, 6) is -0.224. The number of hydrogen-bond donors (Lipinski definition) is 1. The van der Waals surface area contributed by atoms with Crippen LogP contribution in [-0.4, -0.2) is 5.91 Å². The van der Waals surface area contributed by atoms with E-state index in [9.17, 15) is 4.79 Å². The molecular formula is C5H10NO. The smallest absolute Gasteiger partial charge is 0.217 e. The van der Waals surface area contributed by atoms with Crippen LogP contribution in [-0.2, 0) is 4.79 Å². The molecule has 0 rings (SSSR count). The Morgan fingerprint density at radius 1 is 1.86 bits per heavy atom. The zero-order valence-corrected chi connectivity index (χ0v) is 4.48. The van der Waals surface area contributed by atoms with Crippen molar-refractivity contribution < 1.29 is 4.79 Å². The van der Waals surface area contributed by atoms with Gasteiger partial charge in [-0.1, -0.05) is 6.92 Å². The molecule has 0 heterocycles. The molecule has 0 atom stereocenters. The van der Waals surface area contributed by atoms with Crippen LogP contribution in [0.5, 0.6) is 0 Å². The first-order valence-electron chi connectivity index (χ1n) is 2.33. The van der Waals surface area contributed by atoms with Crippen LogP contribution in [0.4, 0.5) is 0 Å². The molecule has 0 aromatic carbocycles. The van der Waals surface area contributed by atoms with Crippen molar-refractivity contribution in [2.45, 2.75) is 19.8 Å². The fourth-order valence-electron chi connectivity index (χ4n) is 0.287. The second-order valence-electron chi connectivity index (χ2n) is 1.41. The van der Waals surface area contributed by atoms with Crippen molar-refractivity contribution >= 4 is 5.91 Å². The summed E-state index contributed by atoms with van der Waals surface area (Å²) < 4.78 is 0. The molecule has 2 N–H and O–H groups in total. The second-order valence-corrected chi connectivity index (χ2v) is 1.41. The molecule has 0 aliphatic heterocycles. The molecule has 2 nitrogen and oxygen atoms in total. The minimum Gasteiger partial charge on any atom is -0.370 e. The lowest BCUT2D eigenvalue weighted by Crippen LogP contribution is -2.09. The minimum atomic E-state index is -0.224. The van der Waals surface area contributed by atoms with Crippen LogP contribution in [0, 0.1) is 6.42 Å². The Kier molecular flexibility index (Phi) is 3.38. The number of unbranched alkanes of at least 4 members (excludes halogenated alkanes) is 1. The Morgan fingerprint density at radius 3 is 2.57 bits per heavy atom. The van der Waals surface area contributed by atoms with Gasteiger partial charge in [0, 0.05) is 6.42 Å². The van der Waals surface area contributed by atoms with E-state index in [0.29, 0.717) is 6.42 Å². The fraction of sp³-hybridized carbons (Fsp3) is 0.600. The highest BCUT2D eigenvalue weighted by molar-refractivity contribution is 5.73. The number of hydrogen-bond acceptors (Lipinski definition) is 1. The number of carbonyl (C=O) groups is 1. The van der Waals surface area contributed by atoms with Crippen LogP contribution in [0.3, 0.4) is 0 Å². The first-order chi connectivity index (χ1) is 3.27. The quantitative estimate of drug-likeness (QED) is 0.550. The molecule has 0 aliphatic rings. The molecule has 1 amide bonds. The molecular weight excluding hydrogens is 90.1 g/mol. The van der Waals surface area contributed by atoms with E-state index in [1.165, 1.54) is 0 Å². The van der Waals surface area contributed by atoms with Gasteiger partial charge in [0.1, 0.15) is 0 Å². The third kappa shape index (κ3) is 5.47. The number of rotatable bonds is 3. The lowest BCUT2D eigenvalue weighted by molar-refractivity contribution is -0.117. The van der Waals surface area contributed by atoms with Gasteiger partial charge in [0.05, 0.1) is 0 Å². The Bertz CT molecular complexity index is 61.1. The molecule has 0 unspecified atom stereocenters. The molecule has 0 spiro atoms. The van der Waals surface area contributed by atoms with E-state index in [-0.39, 0.29) is 5.91 Å². The average Bonchev–Trinajstić information content (AvgIpc) is 1.61. The maximum absolute atomic E-state index is 9.96. The fourth-order valence-corrected chi connectivity index (χ4v) is 0.287. The van der Waals surface area contributed by atoms with Gasteiger partial charge in [0.25, 0.3) is 0 Å². The van der Waals surface area contributed by atoms with Crippen molar-refractivity contribution in [3.05, 3.63) is 6.42 Å². The lowest BCUT2D eigenvalue weighted by Gasteiger charge is -1.86. The van der Waals surface area contributed by atoms with Gasteiger partial charge in [-0.2, -0.15) is 0 Å². The third-order valence-electron chi connectivity index (χ3n) is 0.679. The highest BCUT2D eigenvalue weighted by Gasteiger charge is 1.88. The van der Waals surface area contributed by atoms with Crippen LogP contribution >= 0.6 is 0 Å². The number of carbonyl (C=O) groups excluding carboxylic acids is 1. The molecule has 7 heavy (non-hydrogen) atoms. The van der Waals surface area contributed by atoms with E-state index >= 15 is 0 Å². The van der Waals surface area contributed by atoms with Gasteiger partial charge < -0.3 is 5.73 Å². The molecule has 0 aliphatic carbocycles. The summed E-state index contributed by atoms with van der Waals surface area (Å²) >= 11 is 0. The molecule has 41 valence electrons. The van der Waals surface area contributed by atoms with E-state index in [1.807, 2.05) is 13.3 Å². The Balaban J connectivity index is 2.82. The zero-order valence-electron chi connectivity index (χ0n) is 4.48. The molecule has 0 saturated heterocycles. The predicted octanol–water partition coefficient (Wildman–Crippen LogP) is 0.476. The van der Waals surface area contributed by atoms with Crippen molar-refractivity contribution in [2.75, 3.05) is 0 Å². The maximum Gasteiger partial charge on any atom is 0.217 e. The Hall–Kier alpha value is -0.530. The second kappa shape index (κ2) is 3.65. The highest BCUT2D eigenvalue weighted by Crippen LogP contribution is 1.88. The van der Waals surface area contributed by atoms with Crippen molar-refractivity contribution in [2.24, 2.45) is 5.73 Å². The first kappa shape index (κ1) is 6.47. The van der Waals surface area contributed by atoms with Crippen molar-refractivity contribution in [1.82, 2.24) is 0 Å². The Morgan fingerprint density at radius 2 is 2.43 bits per heavy atom. The molecule has 0 saturated carbocycles. The van der Waals surface area contributed by atoms with Crippen LogP contribution in [0.15, 0.2) is 0 Å². The summed E-state index contributed by atoms with van der Waals surface area (Å²) in [6, 6.07) is 0. The van der Waals surface area contributed by atoms with Gasteiger partial charge in [-0.25, -0.2) is 0 Å². The van der Waals surface area contributed by atoms with Crippen LogP contribution in [0.25, 0.3) is 0 Å². The maximum atomic E-state index is 9.96. The van der Waals surface area contributed by atoms with E-state index in [0.717, 1.165) is 6.42 Å². The van der Waals surface area contributed by atoms with E-state index < -0.39 is 0 Å².